The number of aliphatic hydroxyl groups excluding tert-OH is 1. The number of aliphatic hydroxyl groups is 1. The van der Waals surface area contributed by atoms with Crippen molar-refractivity contribution in [3.63, 3.8) is 0 Å². The van der Waals surface area contributed by atoms with Crippen molar-refractivity contribution in [2.45, 2.75) is 39.5 Å². The van der Waals surface area contributed by atoms with Crippen molar-refractivity contribution in [3.8, 4) is 0 Å². The lowest BCUT2D eigenvalue weighted by Gasteiger charge is -2.28. The molecule has 1 aromatic carbocycles. The van der Waals surface area contributed by atoms with Crippen LogP contribution in [0.15, 0.2) is 24.3 Å². The highest BCUT2D eigenvalue weighted by Crippen LogP contribution is 2.15. The second-order valence-electron chi connectivity index (χ2n) is 5.02. The van der Waals surface area contributed by atoms with Crippen LogP contribution < -0.4 is 0 Å². The van der Waals surface area contributed by atoms with Gasteiger partial charge in [-0.15, -0.1) is 0 Å². The van der Waals surface area contributed by atoms with E-state index in [9.17, 15) is 9.90 Å². The van der Waals surface area contributed by atoms with Gasteiger partial charge in [0.25, 0.3) is 0 Å². The number of rotatable bonds is 6. The molecule has 1 aromatic rings. The lowest BCUT2D eigenvalue weighted by Crippen LogP contribution is -2.36. The molecule has 4 heteroatoms. The van der Waals surface area contributed by atoms with Crippen LogP contribution in [0.3, 0.4) is 0 Å². The number of benzene rings is 1. The van der Waals surface area contributed by atoms with Crippen LogP contribution in [0.2, 0.25) is 0 Å². The Morgan fingerprint density at radius 2 is 1.95 bits per heavy atom. The second kappa shape index (κ2) is 7.26. The van der Waals surface area contributed by atoms with Crippen LogP contribution in [0.4, 0.5) is 0 Å². The molecule has 0 saturated carbocycles. The van der Waals surface area contributed by atoms with Crippen LogP contribution >= 0.6 is 0 Å². The minimum absolute atomic E-state index is 0.292. The van der Waals surface area contributed by atoms with E-state index in [0.29, 0.717) is 24.7 Å². The topological polar surface area (TPSA) is 49.8 Å². The summed E-state index contributed by atoms with van der Waals surface area (Å²) in [6.45, 7) is 7.11. The number of carbonyl (C=O) groups excluding carboxylic acids is 1. The number of ether oxygens (including phenoxy) is 1. The average molecular weight is 265 g/mol. The first-order chi connectivity index (χ1) is 8.95. The van der Waals surface area contributed by atoms with Gasteiger partial charge in [0.15, 0.2) is 0 Å². The van der Waals surface area contributed by atoms with Crippen LogP contribution in [0.1, 0.15) is 36.7 Å². The van der Waals surface area contributed by atoms with Crippen molar-refractivity contribution >= 4 is 5.97 Å². The largest absolute Gasteiger partial charge is 0.465 e. The van der Waals surface area contributed by atoms with Crippen molar-refractivity contribution in [2.75, 3.05) is 13.7 Å². The van der Waals surface area contributed by atoms with Gasteiger partial charge in [-0.2, -0.15) is 0 Å². The summed E-state index contributed by atoms with van der Waals surface area (Å²) in [5.41, 5.74) is 1.50. The number of hydrogen-bond acceptors (Lipinski definition) is 4. The molecule has 0 aliphatic heterocycles. The highest BCUT2D eigenvalue weighted by atomic mass is 16.5. The molecular weight excluding hydrogens is 242 g/mol. The lowest BCUT2D eigenvalue weighted by atomic mass is 10.1. The highest BCUT2D eigenvalue weighted by molar-refractivity contribution is 5.90. The molecule has 0 aliphatic carbocycles. The van der Waals surface area contributed by atoms with E-state index >= 15 is 0 Å². The Labute approximate surface area is 115 Å². The van der Waals surface area contributed by atoms with Gasteiger partial charge >= 0.3 is 5.97 Å². The molecule has 0 bridgehead atoms. The van der Waals surface area contributed by atoms with Crippen molar-refractivity contribution in [2.24, 2.45) is 0 Å². The first-order valence-electron chi connectivity index (χ1n) is 6.54. The van der Waals surface area contributed by atoms with E-state index in [2.05, 4.69) is 18.7 Å². The fourth-order valence-corrected chi connectivity index (χ4v) is 1.98. The number of carbonyl (C=O) groups is 1. The van der Waals surface area contributed by atoms with Gasteiger partial charge in [-0.25, -0.2) is 4.79 Å². The van der Waals surface area contributed by atoms with Gasteiger partial charge in [0.05, 0.1) is 18.8 Å². The van der Waals surface area contributed by atoms with Crippen LogP contribution in [0.5, 0.6) is 0 Å². The van der Waals surface area contributed by atoms with E-state index in [4.69, 9.17) is 4.74 Å². The van der Waals surface area contributed by atoms with Crippen molar-refractivity contribution < 1.29 is 14.6 Å². The van der Waals surface area contributed by atoms with E-state index < -0.39 is 6.10 Å². The monoisotopic (exact) mass is 265 g/mol. The number of nitrogens with zero attached hydrogens (tertiary/aromatic N) is 1. The van der Waals surface area contributed by atoms with E-state index in [0.717, 1.165) is 5.56 Å². The van der Waals surface area contributed by atoms with E-state index in [-0.39, 0.29) is 5.97 Å². The third-order valence-electron chi connectivity index (χ3n) is 3.03. The highest BCUT2D eigenvalue weighted by Gasteiger charge is 2.17. The van der Waals surface area contributed by atoms with Gasteiger partial charge in [0, 0.05) is 19.1 Å². The molecule has 1 atom stereocenters. The standard InChI is InChI=1S/C15H23NO3/c1-11(2)16(9-12(3)17)10-13-7-5-6-8-14(13)15(18)19-4/h5-8,11-12,17H,9-10H2,1-4H3. The van der Waals surface area contributed by atoms with Crippen LogP contribution in [-0.4, -0.2) is 41.8 Å². The molecule has 0 aliphatic rings. The molecule has 0 spiro atoms. The molecular formula is C15H23NO3. The quantitative estimate of drug-likeness (QED) is 0.800. The average Bonchev–Trinajstić information content (AvgIpc) is 2.37. The normalized spacial score (nSPS) is 12.8. The third kappa shape index (κ3) is 4.65. The maximum Gasteiger partial charge on any atom is 0.338 e. The van der Waals surface area contributed by atoms with Gasteiger partial charge in [0.2, 0.25) is 0 Å². The molecule has 1 unspecified atom stereocenters. The van der Waals surface area contributed by atoms with Crippen LogP contribution in [-0.2, 0) is 11.3 Å². The number of methoxy groups -OCH3 is 1. The van der Waals surface area contributed by atoms with Gasteiger partial charge in [-0.05, 0) is 32.4 Å². The summed E-state index contributed by atoms with van der Waals surface area (Å²) in [4.78, 5) is 13.8. The fraction of sp³-hybridized carbons (Fsp3) is 0.533. The van der Waals surface area contributed by atoms with Gasteiger partial charge in [0.1, 0.15) is 0 Å². The van der Waals surface area contributed by atoms with E-state index in [1.54, 1.807) is 13.0 Å². The zero-order chi connectivity index (χ0) is 14.4. The molecule has 0 amide bonds. The molecule has 0 radical (unpaired) electrons. The summed E-state index contributed by atoms with van der Waals surface area (Å²) < 4.78 is 4.79. The van der Waals surface area contributed by atoms with Crippen molar-refractivity contribution in [1.82, 2.24) is 4.90 Å². The molecule has 1 N–H and O–H groups in total. The third-order valence-corrected chi connectivity index (χ3v) is 3.03. The van der Waals surface area contributed by atoms with Gasteiger partial charge in [-0.3, -0.25) is 4.90 Å². The SMILES string of the molecule is COC(=O)c1ccccc1CN(CC(C)O)C(C)C. The molecule has 4 nitrogen and oxygen atoms in total. The Kier molecular flexibility index (Phi) is 5.99. The van der Waals surface area contributed by atoms with Crippen LogP contribution in [0, 0.1) is 0 Å². The summed E-state index contributed by atoms with van der Waals surface area (Å²) in [5, 5.41) is 9.54. The number of esters is 1. The Balaban J connectivity index is 2.93. The lowest BCUT2D eigenvalue weighted by molar-refractivity contribution is 0.0596. The summed E-state index contributed by atoms with van der Waals surface area (Å²) >= 11 is 0. The summed E-state index contributed by atoms with van der Waals surface area (Å²) in [6.07, 6.45) is -0.396. The predicted octanol–water partition coefficient (Wildman–Crippen LogP) is 2.06. The fourth-order valence-electron chi connectivity index (χ4n) is 1.98. The number of hydrogen-bond donors (Lipinski definition) is 1. The first-order valence-corrected chi connectivity index (χ1v) is 6.54. The second-order valence-corrected chi connectivity index (χ2v) is 5.02. The van der Waals surface area contributed by atoms with Crippen LogP contribution in [0.25, 0.3) is 0 Å². The van der Waals surface area contributed by atoms with E-state index in [1.807, 2.05) is 18.2 Å². The molecule has 0 heterocycles. The smallest absolute Gasteiger partial charge is 0.338 e. The Bertz CT molecular complexity index is 416. The Morgan fingerprint density at radius 1 is 1.32 bits per heavy atom. The molecule has 0 saturated heterocycles. The maximum absolute atomic E-state index is 11.7. The zero-order valence-electron chi connectivity index (χ0n) is 12.1. The Morgan fingerprint density at radius 3 is 2.47 bits per heavy atom. The first kappa shape index (κ1) is 15.7. The molecule has 0 fully saturated rings. The summed E-state index contributed by atoms with van der Waals surface area (Å²) in [5.74, 6) is -0.323. The van der Waals surface area contributed by atoms with E-state index in [1.165, 1.54) is 7.11 Å². The minimum Gasteiger partial charge on any atom is -0.465 e. The maximum atomic E-state index is 11.7. The predicted molar refractivity (Wildman–Crippen MR) is 75.0 cm³/mol. The molecule has 1 rings (SSSR count). The minimum atomic E-state index is -0.396. The summed E-state index contributed by atoms with van der Waals surface area (Å²) in [6, 6.07) is 7.71. The van der Waals surface area contributed by atoms with Crippen molar-refractivity contribution in [3.05, 3.63) is 35.4 Å². The van der Waals surface area contributed by atoms with Gasteiger partial charge < -0.3 is 9.84 Å². The molecule has 19 heavy (non-hydrogen) atoms. The van der Waals surface area contributed by atoms with Gasteiger partial charge in [-0.1, -0.05) is 18.2 Å². The van der Waals surface area contributed by atoms with Crippen molar-refractivity contribution in [1.29, 1.82) is 0 Å². The Hall–Kier alpha value is -1.39. The molecule has 106 valence electrons. The summed E-state index contributed by atoms with van der Waals surface area (Å²) in [7, 11) is 1.38. The zero-order valence-corrected chi connectivity index (χ0v) is 12.1. The molecule has 0 aromatic heterocycles.